The van der Waals surface area contributed by atoms with Gasteiger partial charge in [-0.25, -0.2) is 13.3 Å². The maximum Gasteiger partial charge on any atom is 0.266 e. The van der Waals surface area contributed by atoms with Gasteiger partial charge in [0.25, 0.3) is 11.8 Å². The molecule has 7 heteroatoms. The van der Waals surface area contributed by atoms with Crippen molar-refractivity contribution < 1.29 is 18.0 Å². The minimum Gasteiger partial charge on any atom is -0.268 e. The van der Waals surface area contributed by atoms with Crippen molar-refractivity contribution in [1.82, 2.24) is 0 Å². The molecule has 0 unspecified atom stereocenters. The van der Waals surface area contributed by atoms with Crippen molar-refractivity contribution in [1.29, 1.82) is 0 Å². The van der Waals surface area contributed by atoms with Gasteiger partial charge in [-0.05, 0) is 61.0 Å². The number of anilines is 1. The molecule has 0 N–H and O–H groups in total. The lowest BCUT2D eigenvalue weighted by Crippen LogP contribution is -2.29. The molecular weight excluding hydrogens is 398 g/mol. The zero-order valence-corrected chi connectivity index (χ0v) is 16.3. The Hall–Kier alpha value is -2.96. The third-order valence-corrected chi connectivity index (χ3v) is 6.67. The fourth-order valence-corrected chi connectivity index (χ4v) is 4.58. The first-order valence-corrected chi connectivity index (χ1v) is 10.3. The molecule has 0 aliphatic carbocycles. The van der Waals surface area contributed by atoms with Gasteiger partial charge in [0.2, 0.25) is 9.84 Å². The number of rotatable bonds is 3. The first-order chi connectivity index (χ1) is 13.3. The molecule has 0 atom stereocenters. The van der Waals surface area contributed by atoms with E-state index in [1.807, 2.05) is 6.07 Å². The molecule has 0 fully saturated rings. The minimum atomic E-state index is -3.85. The molecule has 2 amide bonds. The summed E-state index contributed by atoms with van der Waals surface area (Å²) in [6, 6.07) is 16.8. The predicted octanol–water partition coefficient (Wildman–Crippen LogP) is 4.28. The first-order valence-electron chi connectivity index (χ1n) is 8.40. The van der Waals surface area contributed by atoms with Gasteiger partial charge in [-0.2, -0.15) is 0 Å². The summed E-state index contributed by atoms with van der Waals surface area (Å²) in [5, 5.41) is 0.419. The zero-order chi connectivity index (χ0) is 20.1. The molecule has 3 aromatic rings. The Kier molecular flexibility index (Phi) is 4.33. The number of aryl methyl sites for hydroxylation is 1. The SMILES string of the molecule is Cc1ccccc1N1C(=O)c2ccc(S(=O)(=O)c3ccc(Cl)cc3)cc2C1=O. The molecule has 3 aromatic carbocycles. The standard InChI is InChI=1S/C21H14ClNO4S/c1-13-4-2-3-5-19(13)23-20(24)17-11-10-16(12-18(17)21(23)25)28(26,27)15-8-6-14(22)7-9-15/h2-12H,1H3. The Morgan fingerprint density at radius 1 is 0.786 bits per heavy atom. The lowest BCUT2D eigenvalue weighted by Gasteiger charge is -2.16. The van der Waals surface area contributed by atoms with E-state index in [-0.39, 0.29) is 20.9 Å². The number of benzene rings is 3. The third-order valence-electron chi connectivity index (χ3n) is 4.65. The Labute approximate surface area is 167 Å². The quantitative estimate of drug-likeness (QED) is 0.603. The average Bonchev–Trinajstić information content (AvgIpc) is 2.93. The van der Waals surface area contributed by atoms with Crippen LogP contribution in [0.25, 0.3) is 0 Å². The molecule has 1 heterocycles. The number of hydrogen-bond acceptors (Lipinski definition) is 4. The molecule has 0 aromatic heterocycles. The second-order valence-electron chi connectivity index (χ2n) is 6.40. The van der Waals surface area contributed by atoms with Gasteiger partial charge in [-0.1, -0.05) is 29.8 Å². The summed E-state index contributed by atoms with van der Waals surface area (Å²) in [4.78, 5) is 26.8. The number of para-hydroxylation sites is 1. The Bertz CT molecular complexity index is 1230. The average molecular weight is 412 g/mol. The van der Waals surface area contributed by atoms with Gasteiger partial charge in [0, 0.05) is 5.02 Å². The van der Waals surface area contributed by atoms with Crippen LogP contribution in [0, 0.1) is 6.92 Å². The number of carbonyl (C=O) groups excluding carboxylic acids is 2. The highest BCUT2D eigenvalue weighted by Gasteiger charge is 2.38. The van der Waals surface area contributed by atoms with E-state index in [9.17, 15) is 18.0 Å². The van der Waals surface area contributed by atoms with Crippen LogP contribution < -0.4 is 4.90 Å². The highest BCUT2D eigenvalue weighted by atomic mass is 35.5. The molecule has 0 saturated carbocycles. The van der Waals surface area contributed by atoms with Crippen molar-refractivity contribution in [3.05, 3.63) is 88.4 Å². The second-order valence-corrected chi connectivity index (χ2v) is 8.78. The van der Waals surface area contributed by atoms with Crippen LogP contribution in [-0.2, 0) is 9.84 Å². The summed E-state index contributed by atoms with van der Waals surface area (Å²) in [5.41, 5.74) is 1.51. The van der Waals surface area contributed by atoms with E-state index >= 15 is 0 Å². The van der Waals surface area contributed by atoms with Gasteiger partial charge >= 0.3 is 0 Å². The molecule has 4 rings (SSSR count). The largest absolute Gasteiger partial charge is 0.268 e. The van der Waals surface area contributed by atoms with Crippen LogP contribution in [0.15, 0.2) is 76.5 Å². The number of amides is 2. The van der Waals surface area contributed by atoms with Gasteiger partial charge in [0.05, 0.1) is 26.6 Å². The molecular formula is C21H14ClNO4S. The first kappa shape index (κ1) is 18.4. The van der Waals surface area contributed by atoms with E-state index in [1.54, 1.807) is 25.1 Å². The molecule has 0 spiro atoms. The van der Waals surface area contributed by atoms with Crippen LogP contribution >= 0.6 is 11.6 Å². The third kappa shape index (κ3) is 2.82. The van der Waals surface area contributed by atoms with Crippen molar-refractivity contribution in [2.75, 3.05) is 4.90 Å². The topological polar surface area (TPSA) is 71.5 Å². The maximum atomic E-state index is 12.9. The molecule has 0 saturated heterocycles. The van der Waals surface area contributed by atoms with Crippen LogP contribution in [0.2, 0.25) is 5.02 Å². The number of hydrogen-bond donors (Lipinski definition) is 0. The molecule has 1 aliphatic heterocycles. The normalized spacial score (nSPS) is 13.7. The van der Waals surface area contributed by atoms with Crippen LogP contribution in [0.1, 0.15) is 26.3 Å². The molecule has 140 valence electrons. The second kappa shape index (κ2) is 6.58. The zero-order valence-electron chi connectivity index (χ0n) is 14.7. The smallest absolute Gasteiger partial charge is 0.266 e. The number of halogens is 1. The highest BCUT2D eigenvalue weighted by molar-refractivity contribution is 7.91. The molecule has 28 heavy (non-hydrogen) atoms. The van der Waals surface area contributed by atoms with Gasteiger partial charge in [-0.15, -0.1) is 0 Å². The maximum absolute atomic E-state index is 12.9. The monoisotopic (exact) mass is 411 g/mol. The van der Waals surface area contributed by atoms with Crippen molar-refractivity contribution >= 4 is 38.9 Å². The van der Waals surface area contributed by atoms with Gasteiger partial charge in [0.1, 0.15) is 0 Å². The number of carbonyl (C=O) groups is 2. The fourth-order valence-electron chi connectivity index (χ4n) is 3.17. The molecule has 1 aliphatic rings. The lowest BCUT2D eigenvalue weighted by atomic mass is 10.1. The van der Waals surface area contributed by atoms with Crippen LogP contribution in [0.5, 0.6) is 0 Å². The van der Waals surface area contributed by atoms with Crippen molar-refractivity contribution in [3.8, 4) is 0 Å². The van der Waals surface area contributed by atoms with Crippen molar-refractivity contribution in [2.24, 2.45) is 0 Å². The van der Waals surface area contributed by atoms with Gasteiger partial charge < -0.3 is 0 Å². The highest BCUT2D eigenvalue weighted by Crippen LogP contribution is 2.33. The predicted molar refractivity (Wildman–Crippen MR) is 106 cm³/mol. The summed E-state index contributed by atoms with van der Waals surface area (Å²) in [6.45, 7) is 1.80. The van der Waals surface area contributed by atoms with Crippen molar-refractivity contribution in [3.63, 3.8) is 0 Å². The van der Waals surface area contributed by atoms with E-state index in [0.29, 0.717) is 10.7 Å². The van der Waals surface area contributed by atoms with Crippen molar-refractivity contribution in [2.45, 2.75) is 16.7 Å². The molecule has 0 radical (unpaired) electrons. The van der Waals surface area contributed by atoms with E-state index < -0.39 is 21.7 Å². The number of imide groups is 1. The minimum absolute atomic E-state index is 0.0543. The summed E-state index contributed by atoms with van der Waals surface area (Å²) in [6.07, 6.45) is 0. The van der Waals surface area contributed by atoms with E-state index in [2.05, 4.69) is 0 Å². The summed E-state index contributed by atoms with van der Waals surface area (Å²) in [5.74, 6) is -1.01. The van der Waals surface area contributed by atoms with Gasteiger partial charge in [-0.3, -0.25) is 9.59 Å². The van der Waals surface area contributed by atoms with E-state index in [1.165, 1.54) is 42.5 Å². The van der Waals surface area contributed by atoms with Crippen LogP contribution in [0.4, 0.5) is 5.69 Å². The van der Waals surface area contributed by atoms with E-state index in [4.69, 9.17) is 11.6 Å². The Morgan fingerprint density at radius 2 is 1.39 bits per heavy atom. The number of nitrogens with zero attached hydrogens (tertiary/aromatic N) is 1. The summed E-state index contributed by atoms with van der Waals surface area (Å²) < 4.78 is 25.8. The van der Waals surface area contributed by atoms with E-state index in [0.717, 1.165) is 10.5 Å². The summed E-state index contributed by atoms with van der Waals surface area (Å²) >= 11 is 5.82. The number of fused-ring (bicyclic) bond motifs is 1. The lowest BCUT2D eigenvalue weighted by molar-refractivity contribution is 0.0926. The molecule has 0 bridgehead atoms. The van der Waals surface area contributed by atoms with Crippen LogP contribution in [-0.4, -0.2) is 20.2 Å². The fraction of sp³-hybridized carbons (Fsp3) is 0.0476. The van der Waals surface area contributed by atoms with Crippen LogP contribution in [0.3, 0.4) is 0 Å². The Morgan fingerprint density at radius 3 is 2.07 bits per heavy atom. The summed E-state index contributed by atoms with van der Waals surface area (Å²) in [7, 11) is -3.85. The Balaban J connectivity index is 1.79. The van der Waals surface area contributed by atoms with Gasteiger partial charge in [0.15, 0.2) is 0 Å². The number of sulfone groups is 1. The molecule has 5 nitrogen and oxygen atoms in total.